The van der Waals surface area contributed by atoms with E-state index in [0.717, 1.165) is 25.7 Å². The lowest BCUT2D eigenvalue weighted by Gasteiger charge is -2.34. The molecule has 1 saturated heterocycles. The number of carbonyl (C=O) groups excluding carboxylic acids is 2. The number of ether oxygens (including phenoxy) is 1. The number of nitrogens with zero attached hydrogens (tertiary/aromatic N) is 1. The number of nitrogens with one attached hydrogen (secondary N) is 1. The van der Waals surface area contributed by atoms with Crippen LogP contribution >= 0.6 is 0 Å². The van der Waals surface area contributed by atoms with E-state index in [1.54, 1.807) is 0 Å². The number of hydrogen-bond donors (Lipinski definition) is 1. The molecule has 1 atom stereocenters. The Morgan fingerprint density at radius 2 is 2.00 bits per heavy atom. The summed E-state index contributed by atoms with van der Waals surface area (Å²) in [6, 6.07) is -0.0572. The van der Waals surface area contributed by atoms with Crippen molar-refractivity contribution in [2.24, 2.45) is 0 Å². The first kappa shape index (κ1) is 15.3. The lowest BCUT2D eigenvalue weighted by molar-refractivity contribution is -0.140. The topological polar surface area (TPSA) is 58.6 Å². The fraction of sp³-hybridized carbons (Fsp3) is 0.867. The molecule has 0 bridgehead atoms. The monoisotopic (exact) mass is 282 g/mol. The van der Waals surface area contributed by atoms with Crippen LogP contribution in [0.25, 0.3) is 0 Å². The second-order valence-electron chi connectivity index (χ2n) is 6.31. The molecule has 1 heterocycles. The van der Waals surface area contributed by atoms with E-state index in [4.69, 9.17) is 4.74 Å². The Hall–Kier alpha value is -1.10. The molecule has 0 aromatic heterocycles. The van der Waals surface area contributed by atoms with Gasteiger partial charge in [-0.15, -0.1) is 0 Å². The molecule has 1 N–H and O–H groups in total. The van der Waals surface area contributed by atoms with Crippen LogP contribution in [0.1, 0.15) is 52.9 Å². The number of carbonyl (C=O) groups is 2. The first-order valence-electron chi connectivity index (χ1n) is 7.68. The van der Waals surface area contributed by atoms with E-state index < -0.39 is 5.54 Å². The molecule has 2 fully saturated rings. The summed E-state index contributed by atoms with van der Waals surface area (Å²) >= 11 is 0. The third-order valence-electron chi connectivity index (χ3n) is 4.30. The van der Waals surface area contributed by atoms with Crippen LogP contribution in [0.4, 0.5) is 0 Å². The lowest BCUT2D eigenvalue weighted by Crippen LogP contribution is -2.56. The Morgan fingerprint density at radius 1 is 1.35 bits per heavy atom. The summed E-state index contributed by atoms with van der Waals surface area (Å²) in [6.45, 7) is 7.00. The average Bonchev–Trinajstić information content (AvgIpc) is 2.79. The summed E-state index contributed by atoms with van der Waals surface area (Å²) in [5, 5.41) is 2.99. The number of amides is 2. The fourth-order valence-corrected chi connectivity index (χ4v) is 3.25. The largest absolute Gasteiger partial charge is 0.377 e. The maximum absolute atomic E-state index is 12.9. The van der Waals surface area contributed by atoms with Gasteiger partial charge < -0.3 is 15.0 Å². The molecule has 20 heavy (non-hydrogen) atoms. The van der Waals surface area contributed by atoms with Gasteiger partial charge in [0, 0.05) is 19.0 Å². The summed E-state index contributed by atoms with van der Waals surface area (Å²) in [7, 11) is 0. The molecule has 0 radical (unpaired) electrons. The Balaban J connectivity index is 2.11. The summed E-state index contributed by atoms with van der Waals surface area (Å²) in [6.07, 6.45) is 4.10. The molecule has 1 saturated carbocycles. The van der Waals surface area contributed by atoms with E-state index in [0.29, 0.717) is 19.6 Å². The SMILES string of the molecule is CC(C)OCCN1C(=O)C2(CCCC2)NC(=O)CC1C. The standard InChI is InChI=1S/C15H26N2O3/c1-11(2)20-9-8-17-12(3)10-13(18)16-15(14(17)19)6-4-5-7-15/h11-12H,4-10H2,1-3H3,(H,16,18). The Kier molecular flexibility index (Phi) is 4.68. The molecule has 2 rings (SSSR count). The van der Waals surface area contributed by atoms with Crippen LogP contribution in [0.2, 0.25) is 0 Å². The van der Waals surface area contributed by atoms with Crippen LogP contribution in [0.15, 0.2) is 0 Å². The molecular formula is C15H26N2O3. The van der Waals surface area contributed by atoms with E-state index in [1.807, 2.05) is 25.7 Å². The normalized spacial score (nSPS) is 26.2. The minimum absolute atomic E-state index is 0.0000259. The zero-order chi connectivity index (χ0) is 14.8. The maximum Gasteiger partial charge on any atom is 0.248 e. The fourth-order valence-electron chi connectivity index (χ4n) is 3.25. The van der Waals surface area contributed by atoms with Crippen molar-refractivity contribution in [2.75, 3.05) is 13.2 Å². The van der Waals surface area contributed by atoms with Crippen molar-refractivity contribution in [1.82, 2.24) is 10.2 Å². The first-order valence-corrected chi connectivity index (χ1v) is 7.68. The minimum Gasteiger partial charge on any atom is -0.377 e. The van der Waals surface area contributed by atoms with Crippen LogP contribution in [0.3, 0.4) is 0 Å². The second kappa shape index (κ2) is 6.12. The molecule has 0 aromatic carbocycles. The molecule has 1 aliphatic carbocycles. The molecule has 1 unspecified atom stereocenters. The number of rotatable bonds is 4. The second-order valence-corrected chi connectivity index (χ2v) is 6.31. The van der Waals surface area contributed by atoms with Gasteiger partial charge in [0.2, 0.25) is 11.8 Å². The highest BCUT2D eigenvalue weighted by molar-refractivity contribution is 5.94. The van der Waals surface area contributed by atoms with Crippen LogP contribution in [-0.2, 0) is 14.3 Å². The molecular weight excluding hydrogens is 256 g/mol. The van der Waals surface area contributed by atoms with Gasteiger partial charge in [-0.05, 0) is 33.6 Å². The van der Waals surface area contributed by atoms with Gasteiger partial charge in [-0.25, -0.2) is 0 Å². The highest BCUT2D eigenvalue weighted by Crippen LogP contribution is 2.34. The number of hydrogen-bond acceptors (Lipinski definition) is 3. The van der Waals surface area contributed by atoms with Gasteiger partial charge in [-0.3, -0.25) is 9.59 Å². The Morgan fingerprint density at radius 3 is 2.60 bits per heavy atom. The Labute approximate surface area is 121 Å². The van der Waals surface area contributed by atoms with Gasteiger partial charge in [0.1, 0.15) is 5.54 Å². The van der Waals surface area contributed by atoms with Crippen LogP contribution in [0.5, 0.6) is 0 Å². The molecule has 2 amide bonds. The highest BCUT2D eigenvalue weighted by Gasteiger charge is 2.47. The average molecular weight is 282 g/mol. The highest BCUT2D eigenvalue weighted by atomic mass is 16.5. The van der Waals surface area contributed by atoms with E-state index in [9.17, 15) is 9.59 Å². The van der Waals surface area contributed by atoms with Gasteiger partial charge >= 0.3 is 0 Å². The van der Waals surface area contributed by atoms with Crippen molar-refractivity contribution >= 4 is 11.8 Å². The van der Waals surface area contributed by atoms with Gasteiger partial charge in [-0.1, -0.05) is 12.8 Å². The van der Waals surface area contributed by atoms with Crippen molar-refractivity contribution in [3.8, 4) is 0 Å². The third kappa shape index (κ3) is 3.14. The van der Waals surface area contributed by atoms with Crippen LogP contribution in [-0.4, -0.2) is 47.6 Å². The third-order valence-corrected chi connectivity index (χ3v) is 4.30. The van der Waals surface area contributed by atoms with E-state index in [1.165, 1.54) is 0 Å². The summed E-state index contributed by atoms with van der Waals surface area (Å²) in [5.41, 5.74) is -0.639. The molecule has 0 aromatic rings. The summed E-state index contributed by atoms with van der Waals surface area (Å²) in [5.74, 6) is 0.0840. The molecule has 1 aliphatic heterocycles. The molecule has 2 aliphatic rings. The van der Waals surface area contributed by atoms with E-state index in [2.05, 4.69) is 5.32 Å². The summed E-state index contributed by atoms with van der Waals surface area (Å²) < 4.78 is 5.56. The van der Waals surface area contributed by atoms with Gasteiger partial charge in [0.15, 0.2) is 0 Å². The van der Waals surface area contributed by atoms with Gasteiger partial charge in [0.05, 0.1) is 12.7 Å². The minimum atomic E-state index is -0.639. The molecule has 114 valence electrons. The lowest BCUT2D eigenvalue weighted by atomic mass is 9.95. The zero-order valence-corrected chi connectivity index (χ0v) is 12.8. The van der Waals surface area contributed by atoms with Crippen molar-refractivity contribution in [1.29, 1.82) is 0 Å². The van der Waals surface area contributed by atoms with Gasteiger partial charge in [-0.2, -0.15) is 0 Å². The quantitative estimate of drug-likeness (QED) is 0.849. The summed E-state index contributed by atoms with van der Waals surface area (Å²) in [4.78, 5) is 26.7. The van der Waals surface area contributed by atoms with Crippen molar-refractivity contribution in [2.45, 2.75) is 70.6 Å². The first-order chi connectivity index (χ1) is 9.44. The zero-order valence-electron chi connectivity index (χ0n) is 12.8. The molecule has 5 nitrogen and oxygen atoms in total. The molecule has 5 heteroatoms. The van der Waals surface area contributed by atoms with Crippen molar-refractivity contribution in [3.05, 3.63) is 0 Å². The van der Waals surface area contributed by atoms with E-state index in [-0.39, 0.29) is 24.0 Å². The Bertz CT molecular complexity index is 375. The van der Waals surface area contributed by atoms with Crippen molar-refractivity contribution < 1.29 is 14.3 Å². The molecule has 1 spiro atoms. The van der Waals surface area contributed by atoms with Crippen LogP contribution < -0.4 is 5.32 Å². The van der Waals surface area contributed by atoms with Crippen molar-refractivity contribution in [3.63, 3.8) is 0 Å². The maximum atomic E-state index is 12.9. The van der Waals surface area contributed by atoms with Crippen LogP contribution in [0, 0.1) is 0 Å². The van der Waals surface area contributed by atoms with E-state index >= 15 is 0 Å². The smallest absolute Gasteiger partial charge is 0.248 e. The predicted octanol–water partition coefficient (Wildman–Crippen LogP) is 1.46. The predicted molar refractivity (Wildman–Crippen MR) is 76.2 cm³/mol. The van der Waals surface area contributed by atoms with Gasteiger partial charge in [0.25, 0.3) is 0 Å².